The SMILES string of the molecule is Cn1cc(Br)c(Br)c1C#N. The third kappa shape index (κ3) is 1.11. The van der Waals surface area contributed by atoms with E-state index in [4.69, 9.17) is 5.26 Å². The van der Waals surface area contributed by atoms with E-state index < -0.39 is 0 Å². The minimum absolute atomic E-state index is 0.631. The highest BCUT2D eigenvalue weighted by Gasteiger charge is 2.07. The minimum Gasteiger partial charge on any atom is -0.340 e. The summed E-state index contributed by atoms with van der Waals surface area (Å²) >= 11 is 6.56. The number of halogens is 2. The topological polar surface area (TPSA) is 28.7 Å². The van der Waals surface area contributed by atoms with Crippen molar-refractivity contribution in [2.45, 2.75) is 0 Å². The number of rotatable bonds is 0. The van der Waals surface area contributed by atoms with Gasteiger partial charge in [0, 0.05) is 13.2 Å². The van der Waals surface area contributed by atoms with Crippen LogP contribution in [0.3, 0.4) is 0 Å². The molecule has 0 unspecified atom stereocenters. The van der Waals surface area contributed by atoms with Gasteiger partial charge in [-0.05, 0) is 31.9 Å². The molecule has 0 spiro atoms. The lowest BCUT2D eigenvalue weighted by Gasteiger charge is -1.89. The molecule has 0 amide bonds. The van der Waals surface area contributed by atoms with Crippen molar-refractivity contribution in [3.8, 4) is 6.07 Å². The Balaban J connectivity index is 3.37. The van der Waals surface area contributed by atoms with Gasteiger partial charge in [-0.2, -0.15) is 5.26 Å². The van der Waals surface area contributed by atoms with Crippen LogP contribution in [0.2, 0.25) is 0 Å². The highest BCUT2D eigenvalue weighted by atomic mass is 79.9. The molecule has 0 saturated carbocycles. The summed E-state index contributed by atoms with van der Waals surface area (Å²) in [5.74, 6) is 0. The molecule has 0 saturated heterocycles. The van der Waals surface area contributed by atoms with Crippen molar-refractivity contribution in [1.29, 1.82) is 5.26 Å². The maximum absolute atomic E-state index is 8.59. The summed E-state index contributed by atoms with van der Waals surface area (Å²) < 4.78 is 3.48. The fourth-order valence-corrected chi connectivity index (χ4v) is 1.65. The van der Waals surface area contributed by atoms with Crippen molar-refractivity contribution in [1.82, 2.24) is 4.57 Å². The first kappa shape index (κ1) is 7.83. The molecule has 0 aliphatic carbocycles. The van der Waals surface area contributed by atoms with E-state index in [1.165, 1.54) is 0 Å². The molecule has 0 bridgehead atoms. The Morgan fingerprint density at radius 1 is 1.60 bits per heavy atom. The second-order valence-electron chi connectivity index (χ2n) is 1.86. The Hall–Kier alpha value is -0.270. The molecule has 10 heavy (non-hydrogen) atoms. The number of hydrogen-bond donors (Lipinski definition) is 0. The Bertz CT molecular complexity index is 295. The second kappa shape index (κ2) is 2.77. The van der Waals surface area contributed by atoms with Crippen LogP contribution in [0.1, 0.15) is 5.69 Å². The molecular formula is C6H4Br2N2. The van der Waals surface area contributed by atoms with Crippen LogP contribution in [0.4, 0.5) is 0 Å². The van der Waals surface area contributed by atoms with Crippen LogP contribution in [-0.2, 0) is 7.05 Å². The lowest BCUT2D eigenvalue weighted by Crippen LogP contribution is -1.87. The normalized spacial score (nSPS) is 9.40. The Kier molecular flexibility index (Phi) is 2.17. The lowest BCUT2D eigenvalue weighted by molar-refractivity contribution is 0.905. The first-order valence-electron chi connectivity index (χ1n) is 2.57. The van der Waals surface area contributed by atoms with Gasteiger partial charge in [0.05, 0.1) is 8.95 Å². The van der Waals surface area contributed by atoms with Crippen LogP contribution in [-0.4, -0.2) is 4.57 Å². The zero-order valence-electron chi connectivity index (χ0n) is 5.23. The van der Waals surface area contributed by atoms with Crippen LogP contribution in [0.25, 0.3) is 0 Å². The quantitative estimate of drug-likeness (QED) is 0.707. The standard InChI is InChI=1S/C6H4Br2N2/c1-10-3-4(7)6(8)5(10)2-9/h3H,1H3. The molecule has 0 fully saturated rings. The van der Waals surface area contributed by atoms with E-state index in [1.807, 2.05) is 13.2 Å². The number of hydrogen-bond acceptors (Lipinski definition) is 1. The monoisotopic (exact) mass is 262 g/mol. The minimum atomic E-state index is 0.631. The van der Waals surface area contributed by atoms with Crippen LogP contribution in [0.5, 0.6) is 0 Å². The Morgan fingerprint density at radius 3 is 2.40 bits per heavy atom. The fourth-order valence-electron chi connectivity index (χ4n) is 0.687. The first-order chi connectivity index (χ1) is 4.66. The van der Waals surface area contributed by atoms with E-state index in [2.05, 4.69) is 37.9 Å². The van der Waals surface area contributed by atoms with Crippen molar-refractivity contribution >= 4 is 31.9 Å². The zero-order chi connectivity index (χ0) is 7.72. The maximum atomic E-state index is 8.59. The zero-order valence-corrected chi connectivity index (χ0v) is 8.40. The van der Waals surface area contributed by atoms with Gasteiger partial charge in [-0.15, -0.1) is 0 Å². The third-order valence-electron chi connectivity index (χ3n) is 1.18. The van der Waals surface area contributed by atoms with E-state index in [-0.39, 0.29) is 0 Å². The molecule has 1 aromatic heterocycles. The molecule has 1 aromatic rings. The van der Waals surface area contributed by atoms with Crippen molar-refractivity contribution < 1.29 is 0 Å². The molecule has 0 atom stereocenters. The van der Waals surface area contributed by atoms with Crippen molar-refractivity contribution in [2.24, 2.45) is 7.05 Å². The van der Waals surface area contributed by atoms with Crippen molar-refractivity contribution in [3.63, 3.8) is 0 Å². The number of nitrogens with zero attached hydrogens (tertiary/aromatic N) is 2. The van der Waals surface area contributed by atoms with Gasteiger partial charge in [-0.1, -0.05) is 0 Å². The molecule has 4 heteroatoms. The van der Waals surface area contributed by atoms with Gasteiger partial charge in [0.25, 0.3) is 0 Å². The van der Waals surface area contributed by atoms with Gasteiger partial charge in [-0.3, -0.25) is 0 Å². The van der Waals surface area contributed by atoms with Gasteiger partial charge in [-0.25, -0.2) is 0 Å². The predicted molar refractivity (Wildman–Crippen MR) is 45.5 cm³/mol. The molecule has 1 heterocycles. The Labute approximate surface area is 75.7 Å². The molecule has 0 aromatic carbocycles. The molecule has 2 nitrogen and oxygen atoms in total. The summed E-state index contributed by atoms with van der Waals surface area (Å²) in [5, 5.41) is 8.59. The summed E-state index contributed by atoms with van der Waals surface area (Å²) in [6.45, 7) is 0. The van der Waals surface area contributed by atoms with E-state index in [0.29, 0.717) is 5.69 Å². The number of nitriles is 1. The number of aromatic nitrogens is 1. The molecule has 52 valence electrons. The van der Waals surface area contributed by atoms with E-state index >= 15 is 0 Å². The van der Waals surface area contributed by atoms with Crippen LogP contribution in [0, 0.1) is 11.3 Å². The van der Waals surface area contributed by atoms with Gasteiger partial charge in [0.1, 0.15) is 11.8 Å². The molecule has 0 N–H and O–H groups in total. The van der Waals surface area contributed by atoms with Gasteiger partial charge in [0.15, 0.2) is 0 Å². The summed E-state index contributed by atoms with van der Waals surface area (Å²) in [4.78, 5) is 0. The van der Waals surface area contributed by atoms with Gasteiger partial charge in [0.2, 0.25) is 0 Å². The smallest absolute Gasteiger partial charge is 0.135 e. The van der Waals surface area contributed by atoms with E-state index in [1.54, 1.807) is 4.57 Å². The summed E-state index contributed by atoms with van der Waals surface area (Å²) in [7, 11) is 1.83. The van der Waals surface area contributed by atoms with Crippen molar-refractivity contribution in [3.05, 3.63) is 20.8 Å². The number of aryl methyl sites for hydroxylation is 1. The summed E-state index contributed by atoms with van der Waals surface area (Å²) in [5.41, 5.74) is 0.631. The fraction of sp³-hybridized carbons (Fsp3) is 0.167. The second-order valence-corrected chi connectivity index (χ2v) is 3.51. The van der Waals surface area contributed by atoms with Crippen molar-refractivity contribution in [2.75, 3.05) is 0 Å². The molecule has 1 rings (SSSR count). The predicted octanol–water partition coefficient (Wildman–Crippen LogP) is 2.42. The summed E-state index contributed by atoms with van der Waals surface area (Å²) in [6, 6.07) is 2.07. The van der Waals surface area contributed by atoms with Crippen LogP contribution in [0.15, 0.2) is 15.1 Å². The largest absolute Gasteiger partial charge is 0.340 e. The average molecular weight is 264 g/mol. The summed E-state index contributed by atoms with van der Waals surface area (Å²) in [6.07, 6.45) is 1.84. The van der Waals surface area contributed by atoms with Gasteiger partial charge >= 0.3 is 0 Å². The molecule has 0 aliphatic heterocycles. The highest BCUT2D eigenvalue weighted by molar-refractivity contribution is 9.13. The average Bonchev–Trinajstić information content (AvgIpc) is 2.09. The highest BCUT2D eigenvalue weighted by Crippen LogP contribution is 2.27. The van der Waals surface area contributed by atoms with Gasteiger partial charge < -0.3 is 4.57 Å². The maximum Gasteiger partial charge on any atom is 0.135 e. The Morgan fingerprint density at radius 2 is 2.20 bits per heavy atom. The van der Waals surface area contributed by atoms with Crippen LogP contribution < -0.4 is 0 Å². The first-order valence-corrected chi connectivity index (χ1v) is 4.16. The van der Waals surface area contributed by atoms with E-state index in [0.717, 1.165) is 8.95 Å². The lowest BCUT2D eigenvalue weighted by atomic mass is 10.5. The third-order valence-corrected chi connectivity index (χ3v) is 3.12. The molecule has 0 radical (unpaired) electrons. The van der Waals surface area contributed by atoms with Crippen LogP contribution >= 0.6 is 31.9 Å². The molecular weight excluding hydrogens is 260 g/mol. The molecule has 0 aliphatic rings. The van der Waals surface area contributed by atoms with E-state index in [9.17, 15) is 0 Å².